The van der Waals surface area contributed by atoms with Gasteiger partial charge in [0.15, 0.2) is 0 Å². The molecular weight excluding hydrogens is 244 g/mol. The lowest BCUT2D eigenvalue weighted by atomic mass is 10.00. The molecule has 0 radical (unpaired) electrons. The molecule has 1 saturated heterocycles. The third-order valence-electron chi connectivity index (χ3n) is 3.65. The minimum Gasteiger partial charge on any atom is -0.379 e. The van der Waals surface area contributed by atoms with Gasteiger partial charge in [-0.2, -0.15) is 0 Å². The Bertz CT molecular complexity index is 521. The molecule has 5 nitrogen and oxygen atoms in total. The highest BCUT2D eigenvalue weighted by molar-refractivity contribution is 6.22. The highest BCUT2D eigenvalue weighted by Crippen LogP contribution is 2.20. The molecule has 2 aliphatic heterocycles. The first kappa shape index (κ1) is 12.3. The van der Waals surface area contributed by atoms with Crippen LogP contribution in [0.2, 0.25) is 0 Å². The number of amides is 2. The predicted octanol–water partition coefficient (Wildman–Crippen LogP) is 0.445. The van der Waals surface area contributed by atoms with Crippen LogP contribution in [-0.2, 0) is 11.2 Å². The Morgan fingerprint density at radius 3 is 2.74 bits per heavy atom. The number of hydrogen-bond acceptors (Lipinski definition) is 4. The molecule has 1 aromatic rings. The fourth-order valence-electron chi connectivity index (χ4n) is 2.60. The number of nitrogens with zero attached hydrogens (tertiary/aromatic N) is 1. The lowest BCUT2D eigenvalue weighted by molar-refractivity contribution is 0.0384. The Balaban J connectivity index is 1.75. The summed E-state index contributed by atoms with van der Waals surface area (Å²) in [6, 6.07) is 5.47. The van der Waals surface area contributed by atoms with E-state index in [0.29, 0.717) is 11.1 Å². The summed E-state index contributed by atoms with van der Waals surface area (Å²) in [6.45, 7) is 4.29. The largest absolute Gasteiger partial charge is 0.379 e. The third-order valence-corrected chi connectivity index (χ3v) is 3.65. The Labute approximate surface area is 111 Å². The van der Waals surface area contributed by atoms with Crippen molar-refractivity contribution in [3.63, 3.8) is 0 Å². The van der Waals surface area contributed by atoms with Gasteiger partial charge in [-0.15, -0.1) is 0 Å². The van der Waals surface area contributed by atoms with Crippen LogP contribution in [0.1, 0.15) is 26.3 Å². The van der Waals surface area contributed by atoms with Gasteiger partial charge in [-0.1, -0.05) is 12.1 Å². The molecule has 100 valence electrons. The lowest BCUT2D eigenvalue weighted by Crippen LogP contribution is -2.37. The molecule has 19 heavy (non-hydrogen) atoms. The first-order valence-corrected chi connectivity index (χ1v) is 6.53. The Hall–Kier alpha value is -1.72. The Morgan fingerprint density at radius 1 is 1.16 bits per heavy atom. The van der Waals surface area contributed by atoms with Crippen LogP contribution >= 0.6 is 0 Å². The van der Waals surface area contributed by atoms with Gasteiger partial charge in [0.05, 0.1) is 24.3 Å². The van der Waals surface area contributed by atoms with Crippen molar-refractivity contribution in [2.75, 3.05) is 32.8 Å². The van der Waals surface area contributed by atoms with Crippen molar-refractivity contribution in [1.82, 2.24) is 10.2 Å². The van der Waals surface area contributed by atoms with Gasteiger partial charge in [-0.25, -0.2) is 0 Å². The van der Waals surface area contributed by atoms with Crippen molar-refractivity contribution in [2.45, 2.75) is 6.42 Å². The molecule has 0 aliphatic carbocycles. The molecular formula is C14H16N2O3. The van der Waals surface area contributed by atoms with E-state index in [1.807, 2.05) is 12.1 Å². The summed E-state index contributed by atoms with van der Waals surface area (Å²) in [6.07, 6.45) is 0.782. The monoisotopic (exact) mass is 260 g/mol. The molecule has 3 rings (SSSR count). The van der Waals surface area contributed by atoms with Crippen molar-refractivity contribution in [2.24, 2.45) is 0 Å². The summed E-state index contributed by atoms with van der Waals surface area (Å²) in [5, 5.41) is 2.35. The Kier molecular flexibility index (Phi) is 3.31. The second-order valence-electron chi connectivity index (χ2n) is 4.83. The van der Waals surface area contributed by atoms with Crippen LogP contribution in [0, 0.1) is 0 Å². The number of morpholine rings is 1. The molecule has 2 heterocycles. The molecule has 1 aromatic carbocycles. The van der Waals surface area contributed by atoms with E-state index in [4.69, 9.17) is 4.74 Å². The van der Waals surface area contributed by atoms with Crippen LogP contribution < -0.4 is 5.32 Å². The molecule has 2 amide bonds. The van der Waals surface area contributed by atoms with E-state index in [-0.39, 0.29) is 11.8 Å². The third kappa shape index (κ3) is 2.39. The number of hydrogen-bond donors (Lipinski definition) is 1. The molecule has 0 atom stereocenters. The summed E-state index contributed by atoms with van der Waals surface area (Å²) in [5.41, 5.74) is 2.01. The fraction of sp³-hybridized carbons (Fsp3) is 0.429. The van der Waals surface area contributed by atoms with Crippen LogP contribution in [0.4, 0.5) is 0 Å². The Morgan fingerprint density at radius 2 is 1.95 bits per heavy atom. The van der Waals surface area contributed by atoms with Crippen molar-refractivity contribution in [1.29, 1.82) is 0 Å². The van der Waals surface area contributed by atoms with E-state index in [1.165, 1.54) is 0 Å². The summed E-state index contributed by atoms with van der Waals surface area (Å²) >= 11 is 0. The van der Waals surface area contributed by atoms with Crippen LogP contribution in [0.25, 0.3) is 0 Å². The van der Waals surface area contributed by atoms with E-state index in [2.05, 4.69) is 10.2 Å². The average Bonchev–Trinajstić information content (AvgIpc) is 2.74. The van der Waals surface area contributed by atoms with E-state index in [0.717, 1.165) is 44.8 Å². The van der Waals surface area contributed by atoms with E-state index in [9.17, 15) is 9.59 Å². The molecule has 0 saturated carbocycles. The van der Waals surface area contributed by atoms with Gasteiger partial charge < -0.3 is 4.74 Å². The number of carbonyl (C=O) groups is 2. The van der Waals surface area contributed by atoms with Gasteiger partial charge in [-0.3, -0.25) is 19.8 Å². The number of carbonyl (C=O) groups excluding carboxylic acids is 2. The predicted molar refractivity (Wildman–Crippen MR) is 69.2 cm³/mol. The molecule has 0 bridgehead atoms. The van der Waals surface area contributed by atoms with Crippen molar-refractivity contribution in [3.8, 4) is 0 Å². The number of nitrogens with one attached hydrogen (secondary N) is 1. The first-order valence-electron chi connectivity index (χ1n) is 6.53. The molecule has 1 fully saturated rings. The van der Waals surface area contributed by atoms with Gasteiger partial charge in [0, 0.05) is 19.6 Å². The topological polar surface area (TPSA) is 58.6 Å². The number of fused-ring (bicyclic) bond motifs is 1. The maximum atomic E-state index is 11.8. The van der Waals surface area contributed by atoms with Crippen molar-refractivity contribution < 1.29 is 14.3 Å². The maximum Gasteiger partial charge on any atom is 0.259 e. The summed E-state index contributed by atoms with van der Waals surface area (Å²) < 4.78 is 5.31. The number of imide groups is 1. The maximum absolute atomic E-state index is 11.8. The van der Waals surface area contributed by atoms with Crippen LogP contribution in [-0.4, -0.2) is 49.6 Å². The second kappa shape index (κ2) is 5.11. The van der Waals surface area contributed by atoms with Crippen LogP contribution in [0.3, 0.4) is 0 Å². The van der Waals surface area contributed by atoms with Crippen molar-refractivity contribution in [3.05, 3.63) is 34.9 Å². The SMILES string of the molecule is O=C1NC(=O)c2c(CCN3CCOCC3)cccc21. The first-order chi connectivity index (χ1) is 9.25. The molecule has 0 spiro atoms. The normalized spacial score (nSPS) is 19.4. The van der Waals surface area contributed by atoms with Crippen molar-refractivity contribution >= 4 is 11.8 Å². The van der Waals surface area contributed by atoms with Gasteiger partial charge >= 0.3 is 0 Å². The molecule has 2 aliphatic rings. The standard InChI is InChI=1S/C14H16N2O3/c17-13-11-3-1-2-10(12(11)14(18)15-13)4-5-16-6-8-19-9-7-16/h1-3H,4-9H2,(H,15,17,18). The zero-order valence-electron chi connectivity index (χ0n) is 10.6. The lowest BCUT2D eigenvalue weighted by Gasteiger charge is -2.26. The molecule has 1 N–H and O–H groups in total. The summed E-state index contributed by atoms with van der Waals surface area (Å²) in [7, 11) is 0. The van der Waals surface area contributed by atoms with E-state index >= 15 is 0 Å². The highest BCUT2D eigenvalue weighted by atomic mass is 16.5. The van der Waals surface area contributed by atoms with Gasteiger partial charge in [0.25, 0.3) is 11.8 Å². The number of ether oxygens (including phenoxy) is 1. The van der Waals surface area contributed by atoms with Gasteiger partial charge in [0.2, 0.25) is 0 Å². The zero-order chi connectivity index (χ0) is 13.2. The van der Waals surface area contributed by atoms with Gasteiger partial charge in [-0.05, 0) is 18.1 Å². The molecule has 0 unspecified atom stereocenters. The zero-order valence-corrected chi connectivity index (χ0v) is 10.6. The smallest absolute Gasteiger partial charge is 0.259 e. The van der Waals surface area contributed by atoms with E-state index < -0.39 is 0 Å². The fourth-order valence-corrected chi connectivity index (χ4v) is 2.60. The quantitative estimate of drug-likeness (QED) is 0.801. The van der Waals surface area contributed by atoms with Gasteiger partial charge in [0.1, 0.15) is 0 Å². The summed E-state index contributed by atoms with van der Waals surface area (Å²) in [4.78, 5) is 25.7. The minimum absolute atomic E-state index is 0.266. The van der Waals surface area contributed by atoms with E-state index in [1.54, 1.807) is 6.07 Å². The number of rotatable bonds is 3. The average molecular weight is 260 g/mol. The summed E-state index contributed by atoms with van der Waals surface area (Å²) in [5.74, 6) is -0.550. The second-order valence-corrected chi connectivity index (χ2v) is 4.83. The molecule has 5 heteroatoms. The van der Waals surface area contributed by atoms with Crippen LogP contribution in [0.5, 0.6) is 0 Å². The van der Waals surface area contributed by atoms with Crippen LogP contribution in [0.15, 0.2) is 18.2 Å². The molecule has 0 aromatic heterocycles. The minimum atomic E-state index is -0.284. The highest BCUT2D eigenvalue weighted by Gasteiger charge is 2.28. The number of benzene rings is 1.